The molecule has 0 atom stereocenters. The van der Waals surface area contributed by atoms with E-state index in [1.165, 1.54) is 7.11 Å². The Morgan fingerprint density at radius 2 is 2.14 bits per heavy atom. The van der Waals surface area contributed by atoms with Crippen LogP contribution < -0.4 is 0 Å². The van der Waals surface area contributed by atoms with Crippen LogP contribution in [-0.4, -0.2) is 51.3 Å². The van der Waals surface area contributed by atoms with Crippen LogP contribution in [0.15, 0.2) is 0 Å². The first-order chi connectivity index (χ1) is 6.72. The van der Waals surface area contributed by atoms with E-state index in [-0.39, 0.29) is 5.97 Å². The minimum absolute atomic E-state index is 0.167. The number of likely N-dealkylation sites (N-methyl/N-ethyl adjacent to an activating group) is 1. The lowest BCUT2D eigenvalue weighted by Crippen LogP contribution is -2.33. The summed E-state index contributed by atoms with van der Waals surface area (Å²) in [6.45, 7) is 3.06. The van der Waals surface area contributed by atoms with Gasteiger partial charge in [-0.05, 0) is 25.8 Å². The Kier molecular flexibility index (Phi) is 4.90. The van der Waals surface area contributed by atoms with Gasteiger partial charge in [0.2, 0.25) is 0 Å². The summed E-state index contributed by atoms with van der Waals surface area (Å²) in [4.78, 5) is 13.0. The maximum atomic E-state index is 11.0. The first-order valence-corrected chi connectivity index (χ1v) is 5.05. The minimum Gasteiger partial charge on any atom is -0.468 e. The number of ether oxygens (including phenoxy) is 2. The number of carbonyl (C=O) groups excluding carboxylic acids is 1. The zero-order valence-electron chi connectivity index (χ0n) is 8.99. The van der Waals surface area contributed by atoms with Gasteiger partial charge < -0.3 is 9.47 Å². The molecule has 4 heteroatoms. The lowest BCUT2D eigenvalue weighted by molar-refractivity contribution is -0.141. The molecule has 0 bridgehead atoms. The van der Waals surface area contributed by atoms with E-state index in [9.17, 15) is 4.79 Å². The normalized spacial score (nSPS) is 18.5. The molecule has 0 aliphatic carbocycles. The number of rotatable bonds is 4. The molecule has 0 spiro atoms. The van der Waals surface area contributed by atoms with Crippen LogP contribution in [0.3, 0.4) is 0 Å². The highest BCUT2D eigenvalue weighted by Gasteiger charge is 2.16. The largest absolute Gasteiger partial charge is 0.468 e. The predicted molar refractivity (Wildman–Crippen MR) is 53.1 cm³/mol. The third kappa shape index (κ3) is 4.07. The van der Waals surface area contributed by atoms with Crippen molar-refractivity contribution in [2.75, 3.05) is 40.5 Å². The molecular formula is C10H19NO3. The van der Waals surface area contributed by atoms with Crippen LogP contribution in [0.5, 0.6) is 0 Å². The van der Waals surface area contributed by atoms with Crippen molar-refractivity contribution in [1.82, 2.24) is 4.90 Å². The van der Waals surface area contributed by atoms with Crippen LogP contribution in [0.1, 0.15) is 12.8 Å². The minimum atomic E-state index is -0.167. The fourth-order valence-electron chi connectivity index (χ4n) is 1.72. The molecule has 1 saturated heterocycles. The van der Waals surface area contributed by atoms with Gasteiger partial charge in [0.15, 0.2) is 0 Å². The molecule has 1 aliphatic heterocycles. The van der Waals surface area contributed by atoms with Crippen molar-refractivity contribution in [2.45, 2.75) is 12.8 Å². The monoisotopic (exact) mass is 201 g/mol. The second-order valence-corrected chi connectivity index (χ2v) is 3.83. The van der Waals surface area contributed by atoms with E-state index in [2.05, 4.69) is 4.74 Å². The third-order valence-electron chi connectivity index (χ3n) is 2.54. The molecule has 0 unspecified atom stereocenters. The highest BCUT2D eigenvalue weighted by Crippen LogP contribution is 2.15. The molecule has 1 rings (SSSR count). The summed E-state index contributed by atoms with van der Waals surface area (Å²) in [6, 6.07) is 0. The number of nitrogens with zero attached hydrogens (tertiary/aromatic N) is 1. The van der Waals surface area contributed by atoms with Gasteiger partial charge in [-0.3, -0.25) is 9.69 Å². The van der Waals surface area contributed by atoms with Crippen molar-refractivity contribution < 1.29 is 14.3 Å². The van der Waals surface area contributed by atoms with Gasteiger partial charge in [0, 0.05) is 19.8 Å². The maximum absolute atomic E-state index is 11.0. The van der Waals surface area contributed by atoms with Crippen LogP contribution >= 0.6 is 0 Å². The van der Waals surface area contributed by atoms with E-state index in [4.69, 9.17) is 4.74 Å². The van der Waals surface area contributed by atoms with Crippen molar-refractivity contribution in [3.05, 3.63) is 0 Å². The quantitative estimate of drug-likeness (QED) is 0.621. The first kappa shape index (κ1) is 11.5. The number of carbonyl (C=O) groups is 1. The predicted octanol–water partition coefficient (Wildman–Crippen LogP) is 0.518. The van der Waals surface area contributed by atoms with Crippen LogP contribution in [0.2, 0.25) is 0 Å². The highest BCUT2D eigenvalue weighted by molar-refractivity contribution is 5.71. The second kappa shape index (κ2) is 5.98. The van der Waals surface area contributed by atoms with Crippen molar-refractivity contribution in [3.8, 4) is 0 Å². The maximum Gasteiger partial charge on any atom is 0.319 e. The molecule has 1 heterocycles. The average Bonchev–Trinajstić information content (AvgIpc) is 2.19. The van der Waals surface area contributed by atoms with Crippen LogP contribution in [0, 0.1) is 5.92 Å². The van der Waals surface area contributed by atoms with Gasteiger partial charge in [0.05, 0.1) is 13.7 Å². The van der Waals surface area contributed by atoms with E-state index >= 15 is 0 Å². The summed E-state index contributed by atoms with van der Waals surface area (Å²) in [5, 5.41) is 0. The van der Waals surface area contributed by atoms with Crippen molar-refractivity contribution in [2.24, 2.45) is 5.92 Å². The van der Waals surface area contributed by atoms with E-state index < -0.39 is 0 Å². The van der Waals surface area contributed by atoms with E-state index in [1.54, 1.807) is 0 Å². The summed E-state index contributed by atoms with van der Waals surface area (Å²) < 4.78 is 9.88. The molecule has 1 fully saturated rings. The van der Waals surface area contributed by atoms with Gasteiger partial charge in [0.25, 0.3) is 0 Å². The molecule has 4 nitrogen and oxygen atoms in total. The Morgan fingerprint density at radius 3 is 2.71 bits per heavy atom. The zero-order chi connectivity index (χ0) is 10.4. The summed E-state index contributed by atoms with van der Waals surface area (Å²) in [6.07, 6.45) is 2.21. The SMILES string of the molecule is COC(=O)CN(C)CC1CCOCC1. The summed E-state index contributed by atoms with van der Waals surface area (Å²) >= 11 is 0. The standard InChI is InChI=1S/C10H19NO3/c1-11(8-10(12)13-2)7-9-3-5-14-6-4-9/h9H,3-8H2,1-2H3. The second-order valence-electron chi connectivity index (χ2n) is 3.83. The Labute approximate surface area is 85.2 Å². The van der Waals surface area contributed by atoms with Crippen molar-refractivity contribution in [1.29, 1.82) is 0 Å². The molecule has 0 aromatic rings. The summed E-state index contributed by atoms with van der Waals surface area (Å²) in [5.74, 6) is 0.498. The number of esters is 1. The van der Waals surface area contributed by atoms with Crippen LogP contribution in [0.4, 0.5) is 0 Å². The Bertz CT molecular complexity index is 178. The molecule has 0 N–H and O–H groups in total. The first-order valence-electron chi connectivity index (χ1n) is 5.05. The number of methoxy groups -OCH3 is 1. The zero-order valence-corrected chi connectivity index (χ0v) is 8.99. The molecule has 14 heavy (non-hydrogen) atoms. The molecule has 0 aromatic heterocycles. The van der Waals surface area contributed by atoms with E-state index in [0.717, 1.165) is 32.6 Å². The van der Waals surface area contributed by atoms with Gasteiger partial charge in [-0.2, -0.15) is 0 Å². The average molecular weight is 201 g/mol. The molecule has 0 aromatic carbocycles. The van der Waals surface area contributed by atoms with Gasteiger partial charge in [-0.15, -0.1) is 0 Å². The topological polar surface area (TPSA) is 38.8 Å². The lowest BCUT2D eigenvalue weighted by atomic mass is 10.00. The number of hydrogen-bond acceptors (Lipinski definition) is 4. The van der Waals surface area contributed by atoms with Crippen LogP contribution in [0.25, 0.3) is 0 Å². The summed E-state index contributed by atoms with van der Waals surface area (Å²) in [7, 11) is 3.37. The molecule has 0 saturated carbocycles. The van der Waals surface area contributed by atoms with Gasteiger partial charge in [0.1, 0.15) is 0 Å². The Balaban J connectivity index is 2.18. The smallest absolute Gasteiger partial charge is 0.319 e. The summed E-state index contributed by atoms with van der Waals surface area (Å²) in [5.41, 5.74) is 0. The molecule has 0 amide bonds. The number of hydrogen-bond donors (Lipinski definition) is 0. The van der Waals surface area contributed by atoms with Gasteiger partial charge >= 0.3 is 5.97 Å². The molecule has 1 aliphatic rings. The fourth-order valence-corrected chi connectivity index (χ4v) is 1.72. The highest BCUT2D eigenvalue weighted by atomic mass is 16.5. The lowest BCUT2D eigenvalue weighted by Gasteiger charge is -2.26. The molecule has 82 valence electrons. The van der Waals surface area contributed by atoms with Crippen molar-refractivity contribution >= 4 is 5.97 Å². The third-order valence-corrected chi connectivity index (χ3v) is 2.54. The van der Waals surface area contributed by atoms with Gasteiger partial charge in [-0.25, -0.2) is 0 Å². The Morgan fingerprint density at radius 1 is 1.50 bits per heavy atom. The molecular weight excluding hydrogens is 182 g/mol. The molecule has 0 radical (unpaired) electrons. The fraction of sp³-hybridized carbons (Fsp3) is 0.900. The van der Waals surface area contributed by atoms with Crippen LogP contribution in [-0.2, 0) is 14.3 Å². The van der Waals surface area contributed by atoms with Crippen molar-refractivity contribution in [3.63, 3.8) is 0 Å². The Hall–Kier alpha value is -0.610. The van der Waals surface area contributed by atoms with Gasteiger partial charge in [-0.1, -0.05) is 0 Å². The van der Waals surface area contributed by atoms with E-state index in [1.807, 2.05) is 11.9 Å². The van der Waals surface area contributed by atoms with E-state index in [0.29, 0.717) is 12.5 Å².